The molecular formula is C15H25N3O. The minimum absolute atomic E-state index is 0.0137. The molecule has 0 bridgehead atoms. The van der Waals surface area contributed by atoms with Crippen LogP contribution in [0.1, 0.15) is 26.3 Å². The minimum Gasteiger partial charge on any atom is -0.372 e. The van der Waals surface area contributed by atoms with Gasteiger partial charge in [-0.05, 0) is 38.5 Å². The third-order valence-electron chi connectivity index (χ3n) is 3.32. The van der Waals surface area contributed by atoms with E-state index in [1.807, 2.05) is 6.92 Å². The molecule has 1 rings (SSSR count). The lowest BCUT2D eigenvalue weighted by Crippen LogP contribution is -2.40. The van der Waals surface area contributed by atoms with Gasteiger partial charge in [0.15, 0.2) is 0 Å². The summed E-state index contributed by atoms with van der Waals surface area (Å²) in [7, 11) is 1.65. The molecule has 0 fully saturated rings. The van der Waals surface area contributed by atoms with Crippen LogP contribution in [0.25, 0.3) is 0 Å². The van der Waals surface area contributed by atoms with E-state index in [4.69, 9.17) is 0 Å². The number of nitrogens with zero attached hydrogens (tertiary/aromatic N) is 1. The highest BCUT2D eigenvalue weighted by Gasteiger charge is 2.09. The lowest BCUT2D eigenvalue weighted by Gasteiger charge is -2.21. The number of carbonyl (C=O) groups is 1. The summed E-state index contributed by atoms with van der Waals surface area (Å²) in [5, 5.41) is 5.83. The number of hydrogen-bond donors (Lipinski definition) is 2. The first-order valence-corrected chi connectivity index (χ1v) is 6.91. The van der Waals surface area contributed by atoms with Crippen LogP contribution in [0.3, 0.4) is 0 Å². The number of amides is 1. The summed E-state index contributed by atoms with van der Waals surface area (Å²) in [6, 6.07) is 8.31. The van der Waals surface area contributed by atoms with Crippen LogP contribution in [-0.4, -0.2) is 32.1 Å². The van der Waals surface area contributed by atoms with Crippen molar-refractivity contribution >= 4 is 11.6 Å². The van der Waals surface area contributed by atoms with Gasteiger partial charge in [0.1, 0.15) is 0 Å². The maximum Gasteiger partial charge on any atom is 0.236 e. The molecule has 1 aromatic carbocycles. The third-order valence-corrected chi connectivity index (χ3v) is 3.32. The van der Waals surface area contributed by atoms with Gasteiger partial charge in [-0.15, -0.1) is 0 Å². The molecule has 0 radical (unpaired) electrons. The van der Waals surface area contributed by atoms with Crippen LogP contribution in [0.15, 0.2) is 24.3 Å². The number of anilines is 1. The summed E-state index contributed by atoms with van der Waals surface area (Å²) >= 11 is 0. The van der Waals surface area contributed by atoms with Crippen LogP contribution in [0, 0.1) is 0 Å². The molecule has 0 aliphatic carbocycles. The number of likely N-dealkylation sites (N-methyl/N-ethyl adjacent to an activating group) is 1. The summed E-state index contributed by atoms with van der Waals surface area (Å²) in [5.41, 5.74) is 2.43. The van der Waals surface area contributed by atoms with Crippen LogP contribution < -0.4 is 15.5 Å². The first-order valence-electron chi connectivity index (χ1n) is 6.91. The Morgan fingerprint density at radius 1 is 1.21 bits per heavy atom. The van der Waals surface area contributed by atoms with Gasteiger partial charge in [0.05, 0.1) is 6.04 Å². The zero-order valence-corrected chi connectivity index (χ0v) is 12.4. The zero-order chi connectivity index (χ0) is 14.3. The fourth-order valence-electron chi connectivity index (χ4n) is 1.99. The molecule has 0 saturated heterocycles. The van der Waals surface area contributed by atoms with Crippen LogP contribution in [0.4, 0.5) is 5.69 Å². The van der Waals surface area contributed by atoms with Crippen LogP contribution in [0.5, 0.6) is 0 Å². The summed E-state index contributed by atoms with van der Waals surface area (Å²) in [6.45, 7) is 8.91. The molecule has 0 saturated carbocycles. The van der Waals surface area contributed by atoms with Crippen molar-refractivity contribution in [2.75, 3.05) is 25.0 Å². The second-order valence-corrected chi connectivity index (χ2v) is 4.56. The molecule has 106 valence electrons. The molecule has 0 heterocycles. The van der Waals surface area contributed by atoms with Gasteiger partial charge >= 0.3 is 0 Å². The van der Waals surface area contributed by atoms with Crippen molar-refractivity contribution in [2.24, 2.45) is 0 Å². The number of hydrogen-bond acceptors (Lipinski definition) is 3. The molecule has 0 aromatic heterocycles. The molecular weight excluding hydrogens is 238 g/mol. The van der Waals surface area contributed by atoms with Gasteiger partial charge in [0, 0.05) is 32.4 Å². The topological polar surface area (TPSA) is 44.4 Å². The van der Waals surface area contributed by atoms with E-state index in [1.165, 1.54) is 11.3 Å². The van der Waals surface area contributed by atoms with E-state index in [2.05, 4.69) is 53.6 Å². The van der Waals surface area contributed by atoms with Crippen molar-refractivity contribution in [3.8, 4) is 0 Å². The van der Waals surface area contributed by atoms with Gasteiger partial charge < -0.3 is 15.5 Å². The Labute approximate surface area is 116 Å². The quantitative estimate of drug-likeness (QED) is 0.788. The van der Waals surface area contributed by atoms with Crippen LogP contribution in [0.2, 0.25) is 0 Å². The lowest BCUT2D eigenvalue weighted by atomic mass is 10.2. The van der Waals surface area contributed by atoms with Crippen molar-refractivity contribution in [2.45, 2.75) is 33.4 Å². The van der Waals surface area contributed by atoms with Crippen molar-refractivity contribution in [1.29, 1.82) is 0 Å². The van der Waals surface area contributed by atoms with Crippen molar-refractivity contribution < 1.29 is 4.79 Å². The summed E-state index contributed by atoms with van der Waals surface area (Å²) in [6.07, 6.45) is 0. The third kappa shape index (κ3) is 4.56. The summed E-state index contributed by atoms with van der Waals surface area (Å²) in [4.78, 5) is 13.7. The SMILES string of the molecule is CCN(CC)c1ccc(CNC(C)C(=O)NC)cc1. The average Bonchev–Trinajstić information content (AvgIpc) is 2.46. The van der Waals surface area contributed by atoms with E-state index in [9.17, 15) is 4.79 Å². The Morgan fingerprint density at radius 3 is 2.26 bits per heavy atom. The Bertz CT molecular complexity index is 385. The predicted octanol–water partition coefficient (Wildman–Crippen LogP) is 1.76. The maximum absolute atomic E-state index is 11.4. The Morgan fingerprint density at radius 2 is 1.79 bits per heavy atom. The Hall–Kier alpha value is -1.55. The molecule has 1 unspecified atom stereocenters. The normalized spacial score (nSPS) is 12.0. The molecule has 0 aliphatic heterocycles. The monoisotopic (exact) mass is 263 g/mol. The van der Waals surface area contributed by atoms with E-state index in [0.717, 1.165) is 13.1 Å². The fourth-order valence-corrected chi connectivity index (χ4v) is 1.99. The predicted molar refractivity (Wildman–Crippen MR) is 80.4 cm³/mol. The van der Waals surface area contributed by atoms with Crippen molar-refractivity contribution in [3.05, 3.63) is 29.8 Å². The second kappa shape index (κ2) is 7.79. The van der Waals surface area contributed by atoms with Gasteiger partial charge in [-0.3, -0.25) is 4.79 Å². The van der Waals surface area contributed by atoms with Crippen molar-refractivity contribution in [3.63, 3.8) is 0 Å². The number of benzene rings is 1. The van der Waals surface area contributed by atoms with E-state index >= 15 is 0 Å². The lowest BCUT2D eigenvalue weighted by molar-refractivity contribution is -0.122. The van der Waals surface area contributed by atoms with E-state index in [1.54, 1.807) is 7.05 Å². The molecule has 1 aromatic rings. The highest BCUT2D eigenvalue weighted by atomic mass is 16.2. The molecule has 0 spiro atoms. The molecule has 4 heteroatoms. The summed E-state index contributed by atoms with van der Waals surface area (Å²) in [5.74, 6) is 0.0137. The largest absolute Gasteiger partial charge is 0.372 e. The first-order chi connectivity index (χ1) is 9.12. The van der Waals surface area contributed by atoms with Gasteiger partial charge in [0.2, 0.25) is 5.91 Å². The van der Waals surface area contributed by atoms with Gasteiger partial charge in [0.25, 0.3) is 0 Å². The molecule has 19 heavy (non-hydrogen) atoms. The Kier molecular flexibility index (Phi) is 6.36. The Balaban J connectivity index is 2.55. The van der Waals surface area contributed by atoms with Crippen molar-refractivity contribution in [1.82, 2.24) is 10.6 Å². The minimum atomic E-state index is -0.174. The summed E-state index contributed by atoms with van der Waals surface area (Å²) < 4.78 is 0. The zero-order valence-electron chi connectivity index (χ0n) is 12.4. The first kappa shape index (κ1) is 15.5. The van der Waals surface area contributed by atoms with Gasteiger partial charge in [-0.2, -0.15) is 0 Å². The number of nitrogens with one attached hydrogen (secondary N) is 2. The van der Waals surface area contributed by atoms with E-state index in [-0.39, 0.29) is 11.9 Å². The van der Waals surface area contributed by atoms with Gasteiger partial charge in [-0.25, -0.2) is 0 Å². The second-order valence-electron chi connectivity index (χ2n) is 4.56. The highest BCUT2D eigenvalue weighted by molar-refractivity contribution is 5.80. The van der Waals surface area contributed by atoms with Gasteiger partial charge in [-0.1, -0.05) is 12.1 Å². The number of rotatable bonds is 7. The maximum atomic E-state index is 11.4. The smallest absolute Gasteiger partial charge is 0.236 e. The molecule has 1 amide bonds. The van der Waals surface area contributed by atoms with E-state index < -0.39 is 0 Å². The van der Waals surface area contributed by atoms with E-state index in [0.29, 0.717) is 6.54 Å². The standard InChI is InChI=1S/C15H25N3O/c1-5-18(6-2)14-9-7-13(8-10-14)11-17-12(3)15(19)16-4/h7-10,12,17H,5-6,11H2,1-4H3,(H,16,19). The van der Waals surface area contributed by atoms with Crippen LogP contribution in [-0.2, 0) is 11.3 Å². The molecule has 2 N–H and O–H groups in total. The number of carbonyl (C=O) groups excluding carboxylic acids is 1. The highest BCUT2D eigenvalue weighted by Crippen LogP contribution is 2.14. The molecule has 1 atom stereocenters. The average molecular weight is 263 g/mol. The fraction of sp³-hybridized carbons (Fsp3) is 0.533. The van der Waals surface area contributed by atoms with Crippen LogP contribution >= 0.6 is 0 Å². The molecule has 0 aliphatic rings. The molecule has 4 nitrogen and oxygen atoms in total.